The summed E-state index contributed by atoms with van der Waals surface area (Å²) in [6.07, 6.45) is 2.58. The van der Waals surface area contributed by atoms with Crippen LogP contribution in [0.5, 0.6) is 0 Å². The second-order valence-electron chi connectivity index (χ2n) is 10.1. The van der Waals surface area contributed by atoms with Crippen LogP contribution in [0.3, 0.4) is 0 Å². The number of carbonyl (C=O) groups is 2. The lowest BCUT2D eigenvalue weighted by atomic mass is 9.86. The number of rotatable bonds is 10. The molecule has 0 aliphatic carbocycles. The summed E-state index contributed by atoms with van der Waals surface area (Å²) in [5.41, 5.74) is 4.05. The van der Waals surface area contributed by atoms with E-state index in [-0.39, 0.29) is 17.2 Å². The smallest absolute Gasteiger partial charge is 0.251 e. The molecule has 0 aromatic heterocycles. The number of amides is 2. The maximum atomic E-state index is 13.0. The Hall–Kier alpha value is -2.35. The molecule has 3 rings (SSSR count). The molecule has 1 saturated heterocycles. The Morgan fingerprint density at radius 3 is 2.23 bits per heavy atom. The Morgan fingerprint density at radius 1 is 1.00 bits per heavy atom. The minimum atomic E-state index is -0.571. The van der Waals surface area contributed by atoms with Crippen molar-refractivity contribution in [3.05, 3.63) is 70.8 Å². The molecule has 0 bridgehead atoms. The third-order valence-corrected chi connectivity index (χ3v) is 6.89. The summed E-state index contributed by atoms with van der Waals surface area (Å²) in [5.74, 6) is 0.410. The molecule has 190 valence electrons. The molecule has 1 heterocycles. The number of hydrogen-bond acceptors (Lipinski definition) is 5. The normalized spacial score (nSPS) is 15.4. The van der Waals surface area contributed by atoms with Crippen molar-refractivity contribution in [2.45, 2.75) is 51.7 Å². The third kappa shape index (κ3) is 8.67. The lowest BCUT2D eigenvalue weighted by Crippen LogP contribution is -2.46. The third-order valence-electron chi connectivity index (χ3n) is 6.25. The maximum Gasteiger partial charge on any atom is 0.251 e. The highest BCUT2D eigenvalue weighted by Crippen LogP contribution is 2.22. The van der Waals surface area contributed by atoms with Crippen LogP contribution < -0.4 is 10.6 Å². The Labute approximate surface area is 214 Å². The van der Waals surface area contributed by atoms with Crippen molar-refractivity contribution in [3.8, 4) is 0 Å². The molecule has 0 spiro atoms. The molecule has 2 amide bonds. The van der Waals surface area contributed by atoms with Gasteiger partial charge in [0.25, 0.3) is 5.91 Å². The summed E-state index contributed by atoms with van der Waals surface area (Å²) in [6.45, 7) is 11.3. The molecule has 1 fully saturated rings. The molecule has 1 atom stereocenters. The summed E-state index contributed by atoms with van der Waals surface area (Å²) < 4.78 is 5.41. The molecule has 1 aliphatic rings. The van der Waals surface area contributed by atoms with Crippen molar-refractivity contribution in [3.63, 3.8) is 0 Å². The van der Waals surface area contributed by atoms with Crippen LogP contribution in [0, 0.1) is 0 Å². The highest BCUT2D eigenvalue weighted by Gasteiger charge is 2.22. The summed E-state index contributed by atoms with van der Waals surface area (Å²) in [6, 6.07) is 15.4. The first kappa shape index (κ1) is 27.2. The molecule has 6 nitrogen and oxygen atoms in total. The summed E-state index contributed by atoms with van der Waals surface area (Å²) in [5, 5.41) is 5.94. The summed E-state index contributed by atoms with van der Waals surface area (Å²) >= 11 is 1.66. The van der Waals surface area contributed by atoms with E-state index < -0.39 is 6.04 Å². The van der Waals surface area contributed by atoms with Gasteiger partial charge in [0.2, 0.25) is 5.91 Å². The van der Waals surface area contributed by atoms with Crippen molar-refractivity contribution in [1.29, 1.82) is 0 Å². The van der Waals surface area contributed by atoms with Gasteiger partial charge < -0.3 is 15.4 Å². The zero-order valence-electron chi connectivity index (χ0n) is 21.4. The molecule has 7 heteroatoms. The van der Waals surface area contributed by atoms with Gasteiger partial charge in [-0.3, -0.25) is 14.5 Å². The van der Waals surface area contributed by atoms with Crippen LogP contribution in [-0.4, -0.2) is 61.1 Å². The van der Waals surface area contributed by atoms with Gasteiger partial charge in [0.1, 0.15) is 6.04 Å². The van der Waals surface area contributed by atoms with Crippen LogP contribution in [0.2, 0.25) is 0 Å². The van der Waals surface area contributed by atoms with Crippen LogP contribution in [0.15, 0.2) is 48.5 Å². The van der Waals surface area contributed by atoms with Crippen LogP contribution in [0.25, 0.3) is 0 Å². The highest BCUT2D eigenvalue weighted by atomic mass is 32.2. The fourth-order valence-corrected chi connectivity index (χ4v) is 4.43. The standard InChI is InChI=1S/C28H39N3O3S/c1-28(2,3)24-11-9-23(10-12-24)26(32)30-25(13-18-35-4)27(33)29-19-21-5-7-22(8-6-21)20-31-14-16-34-17-15-31/h5-12,25H,13-20H2,1-4H3,(H,29,33)(H,30,32). The Bertz CT molecular complexity index is 949. The number of hydrogen-bond donors (Lipinski definition) is 2. The van der Waals surface area contributed by atoms with E-state index in [9.17, 15) is 9.59 Å². The van der Waals surface area contributed by atoms with Crippen LogP contribution in [-0.2, 0) is 28.0 Å². The molecule has 2 N–H and O–H groups in total. The number of thioether (sulfide) groups is 1. The van der Waals surface area contributed by atoms with Crippen molar-refractivity contribution in [1.82, 2.24) is 15.5 Å². The molecule has 0 saturated carbocycles. The van der Waals surface area contributed by atoms with Gasteiger partial charge in [0.05, 0.1) is 13.2 Å². The van der Waals surface area contributed by atoms with Crippen molar-refractivity contribution in [2.75, 3.05) is 38.3 Å². The topological polar surface area (TPSA) is 70.7 Å². The quantitative estimate of drug-likeness (QED) is 0.520. The molecule has 2 aromatic carbocycles. The van der Waals surface area contributed by atoms with Gasteiger partial charge in [-0.2, -0.15) is 11.8 Å². The second kappa shape index (κ2) is 13.1. The molecule has 35 heavy (non-hydrogen) atoms. The first-order valence-electron chi connectivity index (χ1n) is 12.3. The average Bonchev–Trinajstić information content (AvgIpc) is 2.86. The molecule has 1 aliphatic heterocycles. The van der Waals surface area contributed by atoms with Crippen molar-refractivity contribution in [2.24, 2.45) is 0 Å². The van der Waals surface area contributed by atoms with E-state index >= 15 is 0 Å². The number of nitrogens with one attached hydrogen (secondary N) is 2. The molecular weight excluding hydrogens is 458 g/mol. The van der Waals surface area contributed by atoms with Gasteiger partial charge in [-0.05, 0) is 52.7 Å². The summed E-state index contributed by atoms with van der Waals surface area (Å²) in [4.78, 5) is 28.2. The van der Waals surface area contributed by atoms with Gasteiger partial charge in [-0.1, -0.05) is 57.2 Å². The van der Waals surface area contributed by atoms with Crippen molar-refractivity contribution < 1.29 is 14.3 Å². The van der Waals surface area contributed by atoms with Crippen molar-refractivity contribution >= 4 is 23.6 Å². The van der Waals surface area contributed by atoms with E-state index in [4.69, 9.17) is 4.74 Å². The predicted molar refractivity (Wildman–Crippen MR) is 144 cm³/mol. The van der Waals surface area contributed by atoms with Gasteiger partial charge in [-0.15, -0.1) is 0 Å². The second-order valence-corrected chi connectivity index (χ2v) is 11.0. The number of carbonyl (C=O) groups excluding carboxylic acids is 2. The highest BCUT2D eigenvalue weighted by molar-refractivity contribution is 7.98. The van der Waals surface area contributed by atoms with Crippen LogP contribution >= 0.6 is 11.8 Å². The van der Waals surface area contributed by atoms with E-state index in [1.54, 1.807) is 11.8 Å². The number of nitrogens with zero attached hydrogens (tertiary/aromatic N) is 1. The summed E-state index contributed by atoms with van der Waals surface area (Å²) in [7, 11) is 0. The van der Waals surface area contributed by atoms with Gasteiger partial charge in [0, 0.05) is 31.7 Å². The van der Waals surface area contributed by atoms with Gasteiger partial charge >= 0.3 is 0 Å². The Kier molecular flexibility index (Phi) is 10.2. The first-order chi connectivity index (χ1) is 16.8. The lowest BCUT2D eigenvalue weighted by Gasteiger charge is -2.26. The lowest BCUT2D eigenvalue weighted by molar-refractivity contribution is -0.123. The Morgan fingerprint density at radius 2 is 1.63 bits per heavy atom. The fourth-order valence-electron chi connectivity index (χ4n) is 3.96. The zero-order valence-corrected chi connectivity index (χ0v) is 22.2. The zero-order chi connectivity index (χ0) is 25.3. The first-order valence-corrected chi connectivity index (χ1v) is 13.7. The van der Waals surface area contributed by atoms with Crippen LogP contribution in [0.4, 0.5) is 0 Å². The number of benzene rings is 2. The van der Waals surface area contributed by atoms with E-state index in [0.717, 1.165) is 44.2 Å². The van der Waals surface area contributed by atoms with Gasteiger partial charge in [-0.25, -0.2) is 0 Å². The minimum Gasteiger partial charge on any atom is -0.379 e. The molecular formula is C28H39N3O3S. The Balaban J connectivity index is 1.54. The van der Waals surface area contributed by atoms with E-state index in [2.05, 4.69) is 60.6 Å². The SMILES string of the molecule is CSCCC(NC(=O)c1ccc(C(C)(C)C)cc1)C(=O)NCc1ccc(CN2CCOCC2)cc1. The van der Waals surface area contributed by atoms with Gasteiger partial charge in [0.15, 0.2) is 0 Å². The molecule has 0 radical (unpaired) electrons. The minimum absolute atomic E-state index is 0.0243. The number of ether oxygens (including phenoxy) is 1. The maximum absolute atomic E-state index is 13.0. The van der Waals surface area contributed by atoms with Crippen LogP contribution in [0.1, 0.15) is 54.2 Å². The fraction of sp³-hybridized carbons (Fsp3) is 0.500. The van der Waals surface area contributed by atoms with E-state index in [1.165, 1.54) is 11.1 Å². The molecule has 2 aromatic rings. The predicted octanol–water partition coefficient (Wildman–Crippen LogP) is 3.98. The number of morpholine rings is 1. The largest absolute Gasteiger partial charge is 0.379 e. The molecule has 1 unspecified atom stereocenters. The van der Waals surface area contributed by atoms with E-state index in [0.29, 0.717) is 18.5 Å². The monoisotopic (exact) mass is 497 g/mol. The van der Waals surface area contributed by atoms with E-state index in [1.807, 2.05) is 30.5 Å². The average molecular weight is 498 g/mol.